The highest BCUT2D eigenvalue weighted by Gasteiger charge is 2.30. The largest absolute Gasteiger partial charge is 0.444 e. The molecule has 0 atom stereocenters. The maximum absolute atomic E-state index is 12.1. The number of aliphatic imine (C=N–C) groups is 1. The summed E-state index contributed by atoms with van der Waals surface area (Å²) in [7, 11) is 1.75. The van der Waals surface area contributed by atoms with Crippen molar-refractivity contribution < 1.29 is 9.53 Å². The lowest BCUT2D eigenvalue weighted by Crippen LogP contribution is -2.57. The fourth-order valence-corrected chi connectivity index (χ4v) is 2.57. The Hall–Kier alpha value is -1.11. The molecule has 0 rings (SSSR count). The van der Waals surface area contributed by atoms with Gasteiger partial charge < -0.3 is 20.7 Å². The van der Waals surface area contributed by atoms with Crippen LogP contribution >= 0.6 is 11.8 Å². The molecule has 0 saturated heterocycles. The molecule has 0 heterocycles. The first-order valence-corrected chi connectivity index (χ1v) is 10.1. The van der Waals surface area contributed by atoms with Crippen molar-refractivity contribution in [1.82, 2.24) is 16.0 Å². The number of carbonyl (C=O) groups is 1. The van der Waals surface area contributed by atoms with Gasteiger partial charge in [-0.3, -0.25) is 4.99 Å². The molecule has 0 aliphatic carbocycles. The zero-order valence-electron chi connectivity index (χ0n) is 16.4. The van der Waals surface area contributed by atoms with Crippen molar-refractivity contribution in [3.8, 4) is 0 Å². The summed E-state index contributed by atoms with van der Waals surface area (Å²) in [4.78, 5) is 16.4. The molecule has 3 N–H and O–H groups in total. The van der Waals surface area contributed by atoms with E-state index in [1.807, 2.05) is 32.5 Å². The van der Waals surface area contributed by atoms with Crippen molar-refractivity contribution in [3.63, 3.8) is 0 Å². The van der Waals surface area contributed by atoms with Crippen LogP contribution in [0.25, 0.3) is 0 Å². The van der Waals surface area contributed by atoms with Crippen molar-refractivity contribution in [2.45, 2.75) is 65.0 Å². The smallest absolute Gasteiger partial charge is 0.408 e. The summed E-state index contributed by atoms with van der Waals surface area (Å²) in [6.45, 7) is 11.2. The SMILES string of the molecule is CCC(CC)(CNC(=NC)NCCCSC)NC(=O)OC(C)(C)C. The molecule has 0 bridgehead atoms. The zero-order valence-corrected chi connectivity index (χ0v) is 17.2. The number of nitrogens with zero attached hydrogens (tertiary/aromatic N) is 1. The van der Waals surface area contributed by atoms with Crippen LogP contribution in [0.1, 0.15) is 53.9 Å². The van der Waals surface area contributed by atoms with Crippen LogP contribution < -0.4 is 16.0 Å². The molecule has 0 aliphatic heterocycles. The molecule has 0 fully saturated rings. The minimum atomic E-state index is -0.500. The molecule has 24 heavy (non-hydrogen) atoms. The van der Waals surface area contributed by atoms with Crippen LogP contribution in [0.5, 0.6) is 0 Å². The van der Waals surface area contributed by atoms with Crippen molar-refractivity contribution in [3.05, 3.63) is 0 Å². The van der Waals surface area contributed by atoms with Crippen LogP contribution in [0.3, 0.4) is 0 Å². The Morgan fingerprint density at radius 2 is 1.79 bits per heavy atom. The van der Waals surface area contributed by atoms with Gasteiger partial charge in [-0.2, -0.15) is 11.8 Å². The van der Waals surface area contributed by atoms with Crippen molar-refractivity contribution >= 4 is 23.8 Å². The molecule has 6 nitrogen and oxygen atoms in total. The monoisotopic (exact) mass is 360 g/mol. The van der Waals surface area contributed by atoms with E-state index in [0.29, 0.717) is 6.54 Å². The van der Waals surface area contributed by atoms with Crippen LogP contribution in [0.15, 0.2) is 4.99 Å². The number of hydrogen-bond donors (Lipinski definition) is 3. The van der Waals surface area contributed by atoms with Crippen molar-refractivity contribution in [1.29, 1.82) is 0 Å². The van der Waals surface area contributed by atoms with Gasteiger partial charge in [0.15, 0.2) is 5.96 Å². The highest BCUT2D eigenvalue weighted by molar-refractivity contribution is 7.98. The highest BCUT2D eigenvalue weighted by atomic mass is 32.2. The summed E-state index contributed by atoms with van der Waals surface area (Å²) in [5, 5.41) is 9.65. The lowest BCUT2D eigenvalue weighted by molar-refractivity contribution is 0.0448. The lowest BCUT2D eigenvalue weighted by atomic mass is 9.93. The Kier molecular flexibility index (Phi) is 10.9. The highest BCUT2D eigenvalue weighted by Crippen LogP contribution is 2.16. The van der Waals surface area contributed by atoms with Crippen LogP contribution in [-0.4, -0.2) is 55.3 Å². The first-order chi connectivity index (χ1) is 11.2. The van der Waals surface area contributed by atoms with E-state index in [4.69, 9.17) is 4.74 Å². The average Bonchev–Trinajstić information content (AvgIpc) is 2.51. The summed E-state index contributed by atoms with van der Waals surface area (Å²) < 4.78 is 5.40. The molecule has 1 amide bonds. The van der Waals surface area contributed by atoms with Crippen LogP contribution in [0, 0.1) is 0 Å². The zero-order chi connectivity index (χ0) is 18.6. The number of thioether (sulfide) groups is 1. The van der Waals surface area contributed by atoms with E-state index < -0.39 is 5.60 Å². The maximum atomic E-state index is 12.1. The fourth-order valence-electron chi connectivity index (χ4n) is 2.14. The third-order valence-electron chi connectivity index (χ3n) is 3.76. The molecule has 0 aromatic carbocycles. The number of rotatable bonds is 9. The third-order valence-corrected chi connectivity index (χ3v) is 4.45. The van der Waals surface area contributed by atoms with Gasteiger partial charge in [0, 0.05) is 20.1 Å². The van der Waals surface area contributed by atoms with Gasteiger partial charge in [-0.25, -0.2) is 4.79 Å². The summed E-state index contributed by atoms with van der Waals surface area (Å²) in [6, 6.07) is 0. The second kappa shape index (κ2) is 11.4. The first-order valence-electron chi connectivity index (χ1n) is 8.66. The van der Waals surface area contributed by atoms with E-state index >= 15 is 0 Å². The van der Waals surface area contributed by atoms with E-state index in [1.54, 1.807) is 7.05 Å². The van der Waals surface area contributed by atoms with Gasteiger partial charge in [-0.05, 0) is 52.0 Å². The number of guanidine groups is 1. The van der Waals surface area contributed by atoms with Gasteiger partial charge in [0.1, 0.15) is 5.60 Å². The Labute approximate surface area is 152 Å². The topological polar surface area (TPSA) is 74.8 Å². The van der Waals surface area contributed by atoms with Crippen LogP contribution in [0.2, 0.25) is 0 Å². The Bertz CT molecular complexity index is 391. The van der Waals surface area contributed by atoms with Gasteiger partial charge in [0.05, 0.1) is 5.54 Å². The Morgan fingerprint density at radius 1 is 1.17 bits per heavy atom. The molecule has 0 saturated carbocycles. The summed E-state index contributed by atoms with van der Waals surface area (Å²) in [6.07, 6.45) is 4.42. The lowest BCUT2D eigenvalue weighted by Gasteiger charge is -2.34. The van der Waals surface area contributed by atoms with Crippen molar-refractivity contribution in [2.24, 2.45) is 4.99 Å². The minimum Gasteiger partial charge on any atom is -0.444 e. The Balaban J connectivity index is 4.61. The second-order valence-electron chi connectivity index (χ2n) is 6.81. The van der Waals surface area contributed by atoms with Crippen LogP contribution in [-0.2, 0) is 4.74 Å². The van der Waals surface area contributed by atoms with Gasteiger partial charge in [-0.1, -0.05) is 13.8 Å². The second-order valence-corrected chi connectivity index (χ2v) is 7.80. The number of hydrogen-bond acceptors (Lipinski definition) is 4. The van der Waals surface area contributed by atoms with Gasteiger partial charge in [0.25, 0.3) is 0 Å². The molecular weight excluding hydrogens is 324 g/mol. The predicted molar refractivity (Wildman–Crippen MR) is 105 cm³/mol. The molecule has 0 aromatic heterocycles. The Morgan fingerprint density at radius 3 is 2.25 bits per heavy atom. The predicted octanol–water partition coefficient (Wildman–Crippen LogP) is 2.99. The summed E-state index contributed by atoms with van der Waals surface area (Å²) in [5.41, 5.74) is -0.862. The van der Waals surface area contributed by atoms with Gasteiger partial charge >= 0.3 is 6.09 Å². The van der Waals surface area contributed by atoms with Gasteiger partial charge in [0.2, 0.25) is 0 Å². The standard InChI is InChI=1S/C17H36N4O2S/c1-8-17(9-2,21-15(22)23-16(3,4)5)13-20-14(18-6)19-11-10-12-24-7/h8-13H2,1-7H3,(H,21,22)(H2,18,19,20). The number of alkyl carbamates (subject to hydrolysis) is 1. The number of carbonyl (C=O) groups excluding carboxylic acids is 1. The van der Waals surface area contributed by atoms with Crippen molar-refractivity contribution in [2.75, 3.05) is 32.1 Å². The number of amides is 1. The maximum Gasteiger partial charge on any atom is 0.408 e. The summed E-state index contributed by atoms with van der Waals surface area (Å²) >= 11 is 1.84. The molecule has 0 aromatic rings. The third kappa shape index (κ3) is 9.90. The normalized spacial score (nSPS) is 12.7. The summed E-state index contributed by atoms with van der Waals surface area (Å²) in [5.74, 6) is 1.88. The quantitative estimate of drug-likeness (QED) is 0.335. The van der Waals surface area contributed by atoms with E-state index in [0.717, 1.165) is 37.5 Å². The molecule has 0 radical (unpaired) electrons. The fraction of sp³-hybridized carbons (Fsp3) is 0.882. The molecular formula is C17H36N4O2S. The van der Waals surface area contributed by atoms with Crippen LogP contribution in [0.4, 0.5) is 4.79 Å². The average molecular weight is 361 g/mol. The first kappa shape index (κ1) is 22.9. The van der Waals surface area contributed by atoms with E-state index in [2.05, 4.69) is 41.0 Å². The molecule has 142 valence electrons. The van der Waals surface area contributed by atoms with E-state index in [1.165, 1.54) is 0 Å². The molecule has 7 heteroatoms. The molecule has 0 spiro atoms. The van der Waals surface area contributed by atoms with Gasteiger partial charge in [-0.15, -0.1) is 0 Å². The molecule has 0 unspecified atom stereocenters. The number of nitrogens with one attached hydrogen (secondary N) is 3. The number of ether oxygens (including phenoxy) is 1. The van der Waals surface area contributed by atoms with E-state index in [9.17, 15) is 4.79 Å². The molecule has 0 aliphatic rings. The minimum absolute atomic E-state index is 0.362. The van der Waals surface area contributed by atoms with E-state index in [-0.39, 0.29) is 11.6 Å².